The monoisotopic (exact) mass is 454 g/mol. The van der Waals surface area contributed by atoms with Crippen LogP contribution in [0.1, 0.15) is 17.7 Å². The van der Waals surface area contributed by atoms with E-state index in [0.717, 1.165) is 41.0 Å². The van der Waals surface area contributed by atoms with Gasteiger partial charge in [0.05, 0.1) is 18.1 Å². The highest BCUT2D eigenvalue weighted by molar-refractivity contribution is 7.91. The van der Waals surface area contributed by atoms with Crippen molar-refractivity contribution in [2.24, 2.45) is 0 Å². The van der Waals surface area contributed by atoms with Crippen LogP contribution in [0, 0.1) is 0 Å². The van der Waals surface area contributed by atoms with E-state index < -0.39 is 9.84 Å². The SMILES string of the molecule is CN(C)c1ccc(/C=C/c2cc3ccc(OCCCN4CCS(=O)(=O)CC4)cc3o2)cc1. The molecule has 3 aromatic rings. The van der Waals surface area contributed by atoms with Gasteiger partial charge in [-0.1, -0.05) is 18.2 Å². The standard InChI is InChI=1S/C25H30N2O4S/c1-26(2)22-8-4-20(5-9-22)6-10-24-18-21-7-11-23(19-25(21)31-24)30-15-3-12-27-13-16-32(28,29)17-14-27/h4-11,18-19H,3,12-17H2,1-2H3/b10-6+. The molecule has 7 heteroatoms. The summed E-state index contributed by atoms with van der Waals surface area (Å²) >= 11 is 0. The van der Waals surface area contributed by atoms with Gasteiger partial charge in [-0.25, -0.2) is 8.42 Å². The molecule has 1 aliphatic heterocycles. The van der Waals surface area contributed by atoms with Crippen LogP contribution in [0.25, 0.3) is 23.1 Å². The Morgan fingerprint density at radius 3 is 2.50 bits per heavy atom. The summed E-state index contributed by atoms with van der Waals surface area (Å²) in [6.45, 7) is 2.68. The van der Waals surface area contributed by atoms with Crippen LogP contribution < -0.4 is 9.64 Å². The zero-order valence-corrected chi connectivity index (χ0v) is 19.5. The van der Waals surface area contributed by atoms with Crippen molar-refractivity contribution in [3.8, 4) is 5.75 Å². The first kappa shape index (κ1) is 22.4. The first-order valence-corrected chi connectivity index (χ1v) is 12.7. The lowest BCUT2D eigenvalue weighted by molar-refractivity contribution is 0.246. The average molecular weight is 455 g/mol. The molecule has 32 heavy (non-hydrogen) atoms. The van der Waals surface area contributed by atoms with Crippen LogP contribution in [0.15, 0.2) is 52.9 Å². The van der Waals surface area contributed by atoms with E-state index in [1.165, 1.54) is 5.69 Å². The summed E-state index contributed by atoms with van der Waals surface area (Å²) in [6.07, 6.45) is 4.88. The third-order valence-corrected chi connectivity index (χ3v) is 7.29. The van der Waals surface area contributed by atoms with Gasteiger partial charge in [-0.2, -0.15) is 0 Å². The summed E-state index contributed by atoms with van der Waals surface area (Å²) in [5, 5.41) is 1.04. The van der Waals surface area contributed by atoms with Gasteiger partial charge in [0.25, 0.3) is 0 Å². The maximum Gasteiger partial charge on any atom is 0.152 e. The Morgan fingerprint density at radius 1 is 1.03 bits per heavy atom. The van der Waals surface area contributed by atoms with Gasteiger partial charge in [-0.05, 0) is 48.4 Å². The molecule has 1 aromatic heterocycles. The van der Waals surface area contributed by atoms with Crippen LogP contribution in [0.3, 0.4) is 0 Å². The quantitative estimate of drug-likeness (QED) is 0.476. The van der Waals surface area contributed by atoms with Gasteiger partial charge in [0.15, 0.2) is 9.84 Å². The van der Waals surface area contributed by atoms with Crippen LogP contribution in [-0.2, 0) is 9.84 Å². The molecule has 4 rings (SSSR count). The number of hydrogen-bond acceptors (Lipinski definition) is 6. The molecule has 1 aliphatic rings. The summed E-state index contributed by atoms with van der Waals surface area (Å²) in [6, 6.07) is 16.3. The van der Waals surface area contributed by atoms with Crippen LogP contribution in [-0.4, -0.2) is 65.2 Å². The minimum Gasteiger partial charge on any atom is -0.493 e. The highest BCUT2D eigenvalue weighted by Gasteiger charge is 2.20. The van der Waals surface area contributed by atoms with Crippen LogP contribution in [0.2, 0.25) is 0 Å². The number of hydrogen-bond donors (Lipinski definition) is 0. The molecule has 0 aliphatic carbocycles. The van der Waals surface area contributed by atoms with E-state index in [2.05, 4.69) is 34.1 Å². The zero-order valence-electron chi connectivity index (χ0n) is 18.7. The Bertz CT molecular complexity index is 1170. The summed E-state index contributed by atoms with van der Waals surface area (Å²) in [4.78, 5) is 4.26. The number of nitrogens with zero attached hydrogens (tertiary/aromatic N) is 2. The van der Waals surface area contributed by atoms with Crippen molar-refractivity contribution in [1.29, 1.82) is 0 Å². The van der Waals surface area contributed by atoms with E-state index in [1.54, 1.807) is 0 Å². The normalized spacial score (nSPS) is 16.6. The molecule has 0 spiro atoms. The van der Waals surface area contributed by atoms with Gasteiger partial charge >= 0.3 is 0 Å². The number of sulfone groups is 1. The van der Waals surface area contributed by atoms with Gasteiger partial charge in [0, 0.05) is 50.9 Å². The first-order valence-electron chi connectivity index (χ1n) is 10.9. The predicted molar refractivity (Wildman–Crippen MR) is 131 cm³/mol. The molecule has 0 atom stereocenters. The third-order valence-electron chi connectivity index (χ3n) is 5.68. The zero-order chi connectivity index (χ0) is 22.6. The predicted octanol–water partition coefficient (Wildman–Crippen LogP) is 4.17. The van der Waals surface area contributed by atoms with E-state index in [-0.39, 0.29) is 11.5 Å². The van der Waals surface area contributed by atoms with E-state index in [4.69, 9.17) is 9.15 Å². The molecule has 0 amide bonds. The molecule has 2 aromatic carbocycles. The van der Waals surface area contributed by atoms with Crippen LogP contribution in [0.5, 0.6) is 5.75 Å². The van der Waals surface area contributed by atoms with Crippen LogP contribution >= 0.6 is 0 Å². The Kier molecular flexibility index (Phi) is 6.86. The lowest BCUT2D eigenvalue weighted by Gasteiger charge is -2.26. The van der Waals surface area contributed by atoms with Gasteiger partial charge in [-0.3, -0.25) is 0 Å². The second-order valence-corrected chi connectivity index (χ2v) is 10.7. The van der Waals surface area contributed by atoms with Gasteiger partial charge in [0.1, 0.15) is 17.1 Å². The topological polar surface area (TPSA) is 63.0 Å². The van der Waals surface area contributed by atoms with Crippen molar-refractivity contribution in [2.45, 2.75) is 6.42 Å². The average Bonchev–Trinajstić information content (AvgIpc) is 3.19. The molecule has 0 bridgehead atoms. The lowest BCUT2D eigenvalue weighted by atomic mass is 10.1. The Morgan fingerprint density at radius 2 is 1.78 bits per heavy atom. The fourth-order valence-electron chi connectivity index (χ4n) is 3.72. The second-order valence-electron chi connectivity index (χ2n) is 8.36. The lowest BCUT2D eigenvalue weighted by Crippen LogP contribution is -2.40. The van der Waals surface area contributed by atoms with Crippen molar-refractivity contribution < 1.29 is 17.6 Å². The number of rotatable bonds is 8. The molecule has 0 N–H and O–H groups in total. The van der Waals surface area contributed by atoms with Crippen LogP contribution in [0.4, 0.5) is 5.69 Å². The largest absolute Gasteiger partial charge is 0.493 e. The van der Waals surface area contributed by atoms with Gasteiger partial charge in [0.2, 0.25) is 0 Å². The molecule has 2 heterocycles. The summed E-state index contributed by atoms with van der Waals surface area (Å²) in [7, 11) is 1.23. The number of fused-ring (bicyclic) bond motifs is 1. The third kappa shape index (κ3) is 5.93. The smallest absolute Gasteiger partial charge is 0.152 e. The molecular weight excluding hydrogens is 424 g/mol. The van der Waals surface area contributed by atoms with Crippen molar-refractivity contribution in [3.05, 3.63) is 59.9 Å². The first-order chi connectivity index (χ1) is 15.4. The van der Waals surface area contributed by atoms with Crippen molar-refractivity contribution in [2.75, 3.05) is 56.7 Å². The molecule has 0 saturated carbocycles. The number of ether oxygens (including phenoxy) is 1. The maximum absolute atomic E-state index is 11.5. The minimum absolute atomic E-state index is 0.265. The Hall–Kier alpha value is -2.77. The molecule has 1 saturated heterocycles. The van der Waals surface area contributed by atoms with E-state index in [1.807, 2.05) is 50.5 Å². The Labute approximate surface area is 190 Å². The van der Waals surface area contributed by atoms with Crippen molar-refractivity contribution in [1.82, 2.24) is 4.90 Å². The molecule has 0 radical (unpaired) electrons. The van der Waals surface area contributed by atoms with Crippen molar-refractivity contribution in [3.63, 3.8) is 0 Å². The molecule has 170 valence electrons. The second kappa shape index (κ2) is 9.79. The fraction of sp³-hybridized carbons (Fsp3) is 0.360. The number of furan rings is 1. The van der Waals surface area contributed by atoms with Crippen molar-refractivity contribution >= 4 is 38.6 Å². The summed E-state index contributed by atoms with van der Waals surface area (Å²) in [5.74, 6) is 2.11. The highest BCUT2D eigenvalue weighted by Crippen LogP contribution is 2.26. The van der Waals surface area contributed by atoms with E-state index in [0.29, 0.717) is 19.7 Å². The number of anilines is 1. The van der Waals surface area contributed by atoms with E-state index in [9.17, 15) is 8.42 Å². The minimum atomic E-state index is -2.82. The maximum atomic E-state index is 11.5. The Balaban J connectivity index is 1.29. The highest BCUT2D eigenvalue weighted by atomic mass is 32.2. The number of benzene rings is 2. The van der Waals surface area contributed by atoms with Gasteiger partial charge < -0.3 is 19.0 Å². The molecule has 6 nitrogen and oxygen atoms in total. The molecular formula is C25H30N2O4S. The van der Waals surface area contributed by atoms with Gasteiger partial charge in [-0.15, -0.1) is 0 Å². The molecule has 0 unspecified atom stereocenters. The molecule has 1 fully saturated rings. The summed E-state index contributed by atoms with van der Waals surface area (Å²) < 4.78 is 34.9. The fourth-order valence-corrected chi connectivity index (χ4v) is 4.99. The van der Waals surface area contributed by atoms with E-state index >= 15 is 0 Å². The summed E-state index contributed by atoms with van der Waals surface area (Å²) in [5.41, 5.74) is 3.08.